The molecule has 0 saturated carbocycles. The minimum absolute atomic E-state index is 0. The van der Waals surface area contributed by atoms with Crippen LogP contribution < -0.4 is 10.6 Å². The molecule has 2 heterocycles. The molecule has 0 bridgehead atoms. The summed E-state index contributed by atoms with van der Waals surface area (Å²) in [4.78, 5) is 12.9. The van der Waals surface area contributed by atoms with Gasteiger partial charge in [-0.2, -0.15) is 0 Å². The number of aryl methyl sites for hydroxylation is 1. The van der Waals surface area contributed by atoms with E-state index in [1.54, 1.807) is 24.6 Å². The fourth-order valence-electron chi connectivity index (χ4n) is 2.55. The highest BCUT2D eigenvalue weighted by molar-refractivity contribution is 14.0. The molecule has 0 aliphatic carbocycles. The zero-order valence-electron chi connectivity index (χ0n) is 14.8. The topological polar surface area (TPSA) is 67.1 Å². The van der Waals surface area contributed by atoms with Crippen molar-refractivity contribution in [1.82, 2.24) is 25.2 Å². The Morgan fingerprint density at radius 2 is 2.12 bits per heavy atom. The number of hydrogen-bond acceptors (Lipinski definition) is 4. The van der Waals surface area contributed by atoms with Gasteiger partial charge in [-0.25, -0.2) is 9.97 Å². The quantitative estimate of drug-likeness (QED) is 0.322. The Morgan fingerprint density at radius 3 is 2.81 bits per heavy atom. The van der Waals surface area contributed by atoms with E-state index >= 15 is 0 Å². The number of halogens is 1. The molecule has 0 aliphatic heterocycles. The maximum atomic E-state index is 4.48. The molecule has 0 amide bonds. The van der Waals surface area contributed by atoms with Gasteiger partial charge in [0, 0.05) is 44.3 Å². The van der Waals surface area contributed by atoms with E-state index < -0.39 is 0 Å². The number of aromatic nitrogens is 3. The fourth-order valence-corrected chi connectivity index (χ4v) is 3.19. The van der Waals surface area contributed by atoms with E-state index in [2.05, 4.69) is 43.1 Å². The van der Waals surface area contributed by atoms with Crippen molar-refractivity contribution in [3.05, 3.63) is 64.6 Å². The van der Waals surface area contributed by atoms with Crippen LogP contribution in [0.25, 0.3) is 5.69 Å². The molecule has 138 valence electrons. The number of nitrogens with one attached hydrogen (secondary N) is 2. The van der Waals surface area contributed by atoms with Gasteiger partial charge in [0.1, 0.15) is 0 Å². The van der Waals surface area contributed by atoms with Crippen LogP contribution in [0.4, 0.5) is 0 Å². The number of aliphatic imine (C=N–C) groups is 1. The molecule has 1 aromatic carbocycles. The minimum atomic E-state index is 0. The average Bonchev–Trinajstić information content (AvgIpc) is 3.30. The lowest BCUT2D eigenvalue weighted by molar-refractivity contribution is 0.783. The molecular formula is C18H23IN6S. The predicted octanol–water partition coefficient (Wildman–Crippen LogP) is 3.16. The van der Waals surface area contributed by atoms with Crippen molar-refractivity contribution in [2.24, 2.45) is 4.99 Å². The first kappa shape index (κ1) is 20.4. The summed E-state index contributed by atoms with van der Waals surface area (Å²) in [6.45, 7) is 3.51. The Kier molecular flexibility index (Phi) is 8.05. The van der Waals surface area contributed by atoms with Crippen LogP contribution >= 0.6 is 35.3 Å². The van der Waals surface area contributed by atoms with Crippen molar-refractivity contribution in [2.75, 3.05) is 13.6 Å². The summed E-state index contributed by atoms with van der Waals surface area (Å²) >= 11 is 1.68. The number of benzene rings is 1. The maximum Gasteiger partial charge on any atom is 0.191 e. The van der Waals surface area contributed by atoms with Gasteiger partial charge in [0.25, 0.3) is 0 Å². The highest BCUT2D eigenvalue weighted by Crippen LogP contribution is 2.13. The van der Waals surface area contributed by atoms with Gasteiger partial charge in [-0.3, -0.25) is 4.99 Å². The molecule has 0 unspecified atom stereocenters. The third-order valence-corrected chi connectivity index (χ3v) is 4.61. The summed E-state index contributed by atoms with van der Waals surface area (Å²) in [7, 11) is 1.78. The van der Waals surface area contributed by atoms with Gasteiger partial charge >= 0.3 is 0 Å². The lowest BCUT2D eigenvalue weighted by atomic mass is 10.1. The molecule has 26 heavy (non-hydrogen) atoms. The highest BCUT2D eigenvalue weighted by Gasteiger charge is 2.05. The Bertz CT molecular complexity index is 828. The Morgan fingerprint density at radius 1 is 1.27 bits per heavy atom. The minimum Gasteiger partial charge on any atom is -0.356 e. The van der Waals surface area contributed by atoms with Crippen molar-refractivity contribution in [3.63, 3.8) is 0 Å². The van der Waals surface area contributed by atoms with E-state index in [4.69, 9.17) is 0 Å². The normalized spacial score (nSPS) is 11.1. The number of thiazole rings is 1. The summed E-state index contributed by atoms with van der Waals surface area (Å²) < 4.78 is 2.01. The molecule has 6 nitrogen and oxygen atoms in total. The number of para-hydroxylation sites is 1. The molecule has 3 aromatic rings. The first-order valence-electron chi connectivity index (χ1n) is 8.18. The zero-order valence-corrected chi connectivity index (χ0v) is 18.0. The third kappa shape index (κ3) is 5.53. The fraction of sp³-hybridized carbons (Fsp3) is 0.278. The molecule has 8 heteroatoms. The highest BCUT2D eigenvalue weighted by atomic mass is 127. The summed E-state index contributed by atoms with van der Waals surface area (Å²) in [6.07, 6.45) is 6.42. The van der Waals surface area contributed by atoms with Gasteiger partial charge in [-0.1, -0.05) is 18.2 Å². The largest absolute Gasteiger partial charge is 0.356 e. The lowest BCUT2D eigenvalue weighted by Gasteiger charge is -2.14. The van der Waals surface area contributed by atoms with Crippen LogP contribution in [0.2, 0.25) is 0 Å². The van der Waals surface area contributed by atoms with Crippen LogP contribution in [0.15, 0.2) is 53.4 Å². The van der Waals surface area contributed by atoms with E-state index in [0.717, 1.165) is 35.3 Å². The second-order valence-electron chi connectivity index (χ2n) is 5.56. The van der Waals surface area contributed by atoms with Gasteiger partial charge in [0.15, 0.2) is 5.96 Å². The molecule has 0 radical (unpaired) electrons. The van der Waals surface area contributed by atoms with Crippen LogP contribution in [-0.2, 0) is 13.0 Å². The van der Waals surface area contributed by atoms with Crippen molar-refractivity contribution >= 4 is 41.3 Å². The number of hydrogen-bond donors (Lipinski definition) is 2. The van der Waals surface area contributed by atoms with Gasteiger partial charge < -0.3 is 15.2 Å². The smallest absolute Gasteiger partial charge is 0.191 e. The lowest BCUT2D eigenvalue weighted by Crippen LogP contribution is -2.38. The van der Waals surface area contributed by atoms with Crippen molar-refractivity contribution in [1.29, 1.82) is 0 Å². The summed E-state index contributed by atoms with van der Waals surface area (Å²) in [6, 6.07) is 8.26. The molecule has 0 atom stereocenters. The number of imidazole rings is 1. The van der Waals surface area contributed by atoms with Gasteiger partial charge in [0.05, 0.1) is 22.7 Å². The standard InChI is InChI=1S/C18H22N6S.HI/c1-14-23-16(12-25-14)7-8-21-18(19-2)22-11-15-5-3-4-6-17(15)24-10-9-20-13-24;/h3-6,9-10,12-13H,7-8,11H2,1-2H3,(H2,19,21,22);1H. The zero-order chi connectivity index (χ0) is 17.5. The summed E-state index contributed by atoms with van der Waals surface area (Å²) in [5.41, 5.74) is 3.41. The second kappa shape index (κ2) is 10.3. The van der Waals surface area contributed by atoms with Crippen LogP contribution in [-0.4, -0.2) is 34.1 Å². The van der Waals surface area contributed by atoms with Crippen molar-refractivity contribution < 1.29 is 0 Å². The molecule has 0 spiro atoms. The third-order valence-electron chi connectivity index (χ3n) is 3.78. The van der Waals surface area contributed by atoms with E-state index in [1.165, 1.54) is 5.56 Å². The number of nitrogens with zero attached hydrogens (tertiary/aromatic N) is 4. The maximum absolute atomic E-state index is 4.48. The molecular weight excluding hydrogens is 459 g/mol. The van der Waals surface area contributed by atoms with E-state index in [-0.39, 0.29) is 24.0 Å². The Balaban J connectivity index is 0.00000243. The number of guanidine groups is 1. The van der Waals surface area contributed by atoms with E-state index in [0.29, 0.717) is 6.54 Å². The van der Waals surface area contributed by atoms with Crippen LogP contribution in [0.3, 0.4) is 0 Å². The SMILES string of the molecule is CN=C(NCCc1csc(C)n1)NCc1ccccc1-n1ccnc1.I. The monoisotopic (exact) mass is 482 g/mol. The molecule has 2 N–H and O–H groups in total. The molecule has 0 fully saturated rings. The first-order valence-corrected chi connectivity index (χ1v) is 9.06. The summed E-state index contributed by atoms with van der Waals surface area (Å²) in [5, 5.41) is 9.91. The Hall–Kier alpha value is -1.94. The predicted molar refractivity (Wildman–Crippen MR) is 118 cm³/mol. The van der Waals surface area contributed by atoms with Gasteiger partial charge in [0.2, 0.25) is 0 Å². The first-order chi connectivity index (χ1) is 12.3. The van der Waals surface area contributed by atoms with Crippen LogP contribution in [0, 0.1) is 6.92 Å². The molecule has 0 saturated heterocycles. The molecule has 0 aliphatic rings. The van der Waals surface area contributed by atoms with E-state index in [9.17, 15) is 0 Å². The van der Waals surface area contributed by atoms with Crippen molar-refractivity contribution in [2.45, 2.75) is 19.9 Å². The number of rotatable bonds is 6. The second-order valence-corrected chi connectivity index (χ2v) is 6.62. The van der Waals surface area contributed by atoms with E-state index in [1.807, 2.05) is 36.1 Å². The Labute approximate surface area is 174 Å². The summed E-state index contributed by atoms with van der Waals surface area (Å²) in [5.74, 6) is 0.785. The average molecular weight is 482 g/mol. The van der Waals surface area contributed by atoms with Crippen LogP contribution in [0.1, 0.15) is 16.3 Å². The van der Waals surface area contributed by atoms with Gasteiger partial charge in [-0.15, -0.1) is 35.3 Å². The van der Waals surface area contributed by atoms with Crippen LogP contribution in [0.5, 0.6) is 0 Å². The molecule has 3 rings (SSSR count). The van der Waals surface area contributed by atoms with Gasteiger partial charge in [-0.05, 0) is 18.6 Å². The molecule has 2 aromatic heterocycles. The van der Waals surface area contributed by atoms with Crippen molar-refractivity contribution in [3.8, 4) is 5.69 Å².